The van der Waals surface area contributed by atoms with Crippen LogP contribution in [0.3, 0.4) is 0 Å². The van der Waals surface area contributed by atoms with Gasteiger partial charge in [-0.1, -0.05) is 23.7 Å². The van der Waals surface area contributed by atoms with E-state index < -0.39 is 0 Å². The fourth-order valence-electron chi connectivity index (χ4n) is 4.08. The molecule has 2 aliphatic rings. The molecule has 130 valence electrons. The molecule has 1 amide bonds. The Morgan fingerprint density at radius 1 is 1.29 bits per heavy atom. The molecule has 1 aromatic heterocycles. The number of hydrogen-bond acceptors (Lipinski definition) is 3. The van der Waals surface area contributed by atoms with Crippen LogP contribution in [0.25, 0.3) is 11.0 Å². The molecular formula is C18H22Cl2N2O2. The summed E-state index contributed by atoms with van der Waals surface area (Å²) in [6.07, 6.45) is 4.50. The largest absolute Gasteiger partial charge is 0.449 e. The Hall–Kier alpha value is -1.23. The highest BCUT2D eigenvalue weighted by Gasteiger charge is 2.37. The van der Waals surface area contributed by atoms with Gasteiger partial charge in [0.25, 0.3) is 5.91 Å². The lowest BCUT2D eigenvalue weighted by atomic mass is 9.98. The fourth-order valence-corrected chi connectivity index (χ4v) is 4.30. The van der Waals surface area contributed by atoms with Gasteiger partial charge in [0, 0.05) is 36.1 Å². The van der Waals surface area contributed by atoms with Crippen molar-refractivity contribution in [3.8, 4) is 0 Å². The van der Waals surface area contributed by atoms with Crippen LogP contribution in [0, 0.1) is 6.92 Å². The minimum Gasteiger partial charge on any atom is -0.449 e. The SMILES string of the molecule is Cc1c(C(=O)N(C)C2CC3CCC(C2)N3)oc2c(Cl)cccc12.Cl. The molecule has 24 heavy (non-hydrogen) atoms. The highest BCUT2D eigenvalue weighted by molar-refractivity contribution is 6.35. The third kappa shape index (κ3) is 2.81. The molecule has 1 N–H and O–H groups in total. The lowest BCUT2D eigenvalue weighted by Gasteiger charge is -2.35. The van der Waals surface area contributed by atoms with Gasteiger partial charge in [-0.3, -0.25) is 4.79 Å². The third-order valence-electron chi connectivity index (χ3n) is 5.43. The van der Waals surface area contributed by atoms with Crippen molar-refractivity contribution in [3.63, 3.8) is 0 Å². The van der Waals surface area contributed by atoms with Crippen molar-refractivity contribution in [1.29, 1.82) is 0 Å². The lowest BCUT2D eigenvalue weighted by molar-refractivity contribution is 0.0651. The zero-order valence-electron chi connectivity index (χ0n) is 13.8. The van der Waals surface area contributed by atoms with E-state index in [1.807, 2.05) is 31.0 Å². The van der Waals surface area contributed by atoms with Crippen LogP contribution in [0.2, 0.25) is 5.02 Å². The first-order chi connectivity index (χ1) is 11.0. The lowest BCUT2D eigenvalue weighted by Crippen LogP contribution is -2.48. The molecule has 0 aliphatic carbocycles. The number of carbonyl (C=O) groups is 1. The van der Waals surface area contributed by atoms with Crippen LogP contribution in [-0.4, -0.2) is 36.0 Å². The molecule has 0 saturated carbocycles. The second kappa shape index (κ2) is 6.58. The molecule has 2 bridgehead atoms. The number of aryl methyl sites for hydroxylation is 1. The number of nitrogens with one attached hydrogen (secondary N) is 1. The van der Waals surface area contributed by atoms with E-state index in [1.54, 1.807) is 6.07 Å². The molecular weight excluding hydrogens is 347 g/mol. The fraction of sp³-hybridized carbons (Fsp3) is 0.500. The number of nitrogens with zero attached hydrogens (tertiary/aromatic N) is 1. The number of amides is 1. The average molecular weight is 369 g/mol. The molecule has 2 atom stereocenters. The molecule has 0 radical (unpaired) electrons. The van der Waals surface area contributed by atoms with E-state index in [0.717, 1.165) is 23.8 Å². The van der Waals surface area contributed by atoms with E-state index in [4.69, 9.17) is 16.0 Å². The number of piperidine rings is 1. The van der Waals surface area contributed by atoms with E-state index in [2.05, 4.69) is 5.32 Å². The van der Waals surface area contributed by atoms with Crippen LogP contribution in [-0.2, 0) is 0 Å². The normalized spacial score (nSPS) is 25.5. The Balaban J connectivity index is 0.00000169. The van der Waals surface area contributed by atoms with Crippen LogP contribution in [0.15, 0.2) is 22.6 Å². The molecule has 2 unspecified atom stereocenters. The second-order valence-electron chi connectivity index (χ2n) is 6.85. The highest BCUT2D eigenvalue weighted by atomic mass is 35.5. The van der Waals surface area contributed by atoms with Gasteiger partial charge in [0.1, 0.15) is 0 Å². The summed E-state index contributed by atoms with van der Waals surface area (Å²) in [5.41, 5.74) is 1.48. The number of furan rings is 1. The standard InChI is InChI=1S/C18H21ClN2O2.ClH/c1-10-14-4-3-5-15(19)17(14)23-16(10)18(22)21(2)13-8-11-6-7-12(9-13)20-11;/h3-5,11-13,20H,6-9H2,1-2H3;1H. The summed E-state index contributed by atoms with van der Waals surface area (Å²) in [4.78, 5) is 14.8. The summed E-state index contributed by atoms with van der Waals surface area (Å²) in [7, 11) is 1.89. The number of para-hydroxylation sites is 1. The number of rotatable bonds is 2. The molecule has 4 rings (SSSR count). The second-order valence-corrected chi connectivity index (χ2v) is 7.26. The Labute approximate surface area is 152 Å². The number of fused-ring (bicyclic) bond motifs is 3. The van der Waals surface area contributed by atoms with Gasteiger partial charge in [-0.25, -0.2) is 0 Å². The van der Waals surface area contributed by atoms with E-state index in [0.29, 0.717) is 28.4 Å². The topological polar surface area (TPSA) is 45.5 Å². The van der Waals surface area contributed by atoms with Gasteiger partial charge < -0.3 is 14.6 Å². The van der Waals surface area contributed by atoms with Crippen molar-refractivity contribution in [2.45, 2.75) is 50.7 Å². The van der Waals surface area contributed by atoms with Crippen LogP contribution in [0.5, 0.6) is 0 Å². The highest BCUT2D eigenvalue weighted by Crippen LogP contribution is 2.33. The summed E-state index contributed by atoms with van der Waals surface area (Å²) in [5, 5.41) is 5.08. The monoisotopic (exact) mass is 368 g/mol. The first-order valence-electron chi connectivity index (χ1n) is 8.25. The van der Waals surface area contributed by atoms with Crippen molar-refractivity contribution in [2.24, 2.45) is 0 Å². The Kier molecular flexibility index (Phi) is 4.82. The first-order valence-corrected chi connectivity index (χ1v) is 8.63. The van der Waals surface area contributed by atoms with Crippen molar-refractivity contribution >= 4 is 40.9 Å². The van der Waals surface area contributed by atoms with E-state index in [9.17, 15) is 4.79 Å². The summed E-state index contributed by atoms with van der Waals surface area (Å²) >= 11 is 6.19. The zero-order chi connectivity index (χ0) is 16.1. The smallest absolute Gasteiger partial charge is 0.289 e. The van der Waals surface area contributed by atoms with Gasteiger partial charge in [0.15, 0.2) is 11.3 Å². The number of benzene rings is 1. The van der Waals surface area contributed by atoms with Crippen molar-refractivity contribution in [1.82, 2.24) is 10.2 Å². The summed E-state index contributed by atoms with van der Waals surface area (Å²) < 4.78 is 5.83. The van der Waals surface area contributed by atoms with Crippen LogP contribution in [0.4, 0.5) is 0 Å². The molecule has 2 saturated heterocycles. The van der Waals surface area contributed by atoms with Crippen LogP contribution < -0.4 is 5.32 Å². The van der Waals surface area contributed by atoms with E-state index in [1.165, 1.54) is 12.8 Å². The maximum absolute atomic E-state index is 12.9. The van der Waals surface area contributed by atoms with Crippen LogP contribution >= 0.6 is 24.0 Å². The third-order valence-corrected chi connectivity index (χ3v) is 5.72. The van der Waals surface area contributed by atoms with Gasteiger partial charge in [-0.15, -0.1) is 12.4 Å². The quantitative estimate of drug-likeness (QED) is 0.864. The van der Waals surface area contributed by atoms with Gasteiger partial charge in [-0.2, -0.15) is 0 Å². The molecule has 1 aromatic carbocycles. The summed E-state index contributed by atoms with van der Waals surface area (Å²) in [5.74, 6) is 0.377. The molecule has 0 spiro atoms. The first kappa shape index (κ1) is 17.6. The van der Waals surface area contributed by atoms with Crippen molar-refractivity contribution in [3.05, 3.63) is 34.5 Å². The summed E-state index contributed by atoms with van der Waals surface area (Å²) in [6, 6.07) is 7.01. The zero-order valence-corrected chi connectivity index (χ0v) is 15.4. The maximum Gasteiger partial charge on any atom is 0.289 e. The number of hydrogen-bond donors (Lipinski definition) is 1. The average Bonchev–Trinajstić information content (AvgIpc) is 3.07. The van der Waals surface area contributed by atoms with Crippen molar-refractivity contribution < 1.29 is 9.21 Å². The van der Waals surface area contributed by atoms with Gasteiger partial charge in [0.05, 0.1) is 5.02 Å². The summed E-state index contributed by atoms with van der Waals surface area (Å²) in [6.45, 7) is 1.93. The molecule has 3 heterocycles. The molecule has 2 fully saturated rings. The molecule has 2 aromatic rings. The maximum atomic E-state index is 12.9. The predicted octanol–water partition coefficient (Wildman–Crippen LogP) is 4.17. The number of carbonyl (C=O) groups excluding carboxylic acids is 1. The van der Waals surface area contributed by atoms with Crippen LogP contribution in [0.1, 0.15) is 41.8 Å². The molecule has 6 heteroatoms. The number of halogens is 2. The predicted molar refractivity (Wildman–Crippen MR) is 98.3 cm³/mol. The van der Waals surface area contributed by atoms with Gasteiger partial charge in [0.2, 0.25) is 0 Å². The Bertz CT molecular complexity index is 762. The van der Waals surface area contributed by atoms with E-state index >= 15 is 0 Å². The Morgan fingerprint density at radius 3 is 2.58 bits per heavy atom. The van der Waals surface area contributed by atoms with Gasteiger partial charge >= 0.3 is 0 Å². The van der Waals surface area contributed by atoms with E-state index in [-0.39, 0.29) is 24.4 Å². The van der Waals surface area contributed by atoms with Crippen molar-refractivity contribution in [2.75, 3.05) is 7.05 Å². The minimum absolute atomic E-state index is 0. The molecule has 4 nitrogen and oxygen atoms in total. The molecule has 2 aliphatic heterocycles. The van der Waals surface area contributed by atoms with Gasteiger partial charge in [-0.05, 0) is 38.7 Å². The Morgan fingerprint density at radius 2 is 1.96 bits per heavy atom. The minimum atomic E-state index is -0.0407.